The quantitative estimate of drug-likeness (QED) is 0.141. The van der Waals surface area contributed by atoms with Crippen LogP contribution in [0, 0.1) is 0 Å². The maximum atomic E-state index is 5.18. The molecular formula is C46H44N2. The molecule has 0 bridgehead atoms. The Morgan fingerprint density at radius 1 is 0.417 bits per heavy atom. The number of fused-ring (bicyclic) bond motifs is 9. The maximum Gasteiger partial charge on any atom is 0.0711 e. The Morgan fingerprint density at radius 3 is 1.17 bits per heavy atom. The fourth-order valence-electron chi connectivity index (χ4n) is 10.5. The minimum Gasteiger partial charge on any atom is -0.256 e. The summed E-state index contributed by atoms with van der Waals surface area (Å²) in [5, 5.41) is 7.60. The van der Waals surface area contributed by atoms with E-state index in [2.05, 4.69) is 153 Å². The summed E-state index contributed by atoms with van der Waals surface area (Å²) in [4.78, 5) is 10.4. The number of benzene rings is 5. The number of pyridine rings is 2. The minimum atomic E-state index is 0.0563. The zero-order valence-electron chi connectivity index (χ0n) is 29.5. The standard InChI is InChI=1S/C46H44N2/c1-43(2)25-45(5,6)41-33-19-31-29(21-37(33)47-23-35(41)43)30-22-38-34(42-36(24-48-38)44(3,4)26-46(42,7)8)20-32(30)40(28-17-13-10-14-18-28)39(31)27-15-11-9-12-16-27/h9-24H,25-26H2,1-8H3. The van der Waals surface area contributed by atoms with Gasteiger partial charge in [0.15, 0.2) is 0 Å². The summed E-state index contributed by atoms with van der Waals surface area (Å²) in [5.74, 6) is 0. The van der Waals surface area contributed by atoms with Crippen LogP contribution in [0.3, 0.4) is 0 Å². The summed E-state index contributed by atoms with van der Waals surface area (Å²) >= 11 is 0. The normalized spacial score (nSPS) is 18.5. The van der Waals surface area contributed by atoms with Crippen molar-refractivity contribution in [3.8, 4) is 22.3 Å². The summed E-state index contributed by atoms with van der Waals surface area (Å²) in [5.41, 5.74) is 13.2. The largest absolute Gasteiger partial charge is 0.256 e. The molecule has 5 aromatic carbocycles. The monoisotopic (exact) mass is 624 g/mol. The highest BCUT2D eigenvalue weighted by Crippen LogP contribution is 2.55. The van der Waals surface area contributed by atoms with E-state index in [0.29, 0.717) is 0 Å². The summed E-state index contributed by atoms with van der Waals surface area (Å²) in [7, 11) is 0. The average molecular weight is 625 g/mol. The summed E-state index contributed by atoms with van der Waals surface area (Å²) < 4.78 is 0. The van der Waals surface area contributed by atoms with Gasteiger partial charge in [-0.1, -0.05) is 116 Å². The lowest BCUT2D eigenvalue weighted by Crippen LogP contribution is -2.18. The molecule has 0 fully saturated rings. The van der Waals surface area contributed by atoms with Crippen molar-refractivity contribution in [1.82, 2.24) is 9.97 Å². The molecule has 238 valence electrons. The van der Waals surface area contributed by atoms with Crippen molar-refractivity contribution in [2.75, 3.05) is 0 Å². The lowest BCUT2D eigenvalue weighted by molar-refractivity contribution is 0.403. The molecule has 0 unspecified atom stereocenters. The van der Waals surface area contributed by atoms with Crippen molar-refractivity contribution in [1.29, 1.82) is 0 Å². The van der Waals surface area contributed by atoms with Crippen LogP contribution in [0.15, 0.2) is 97.3 Å². The van der Waals surface area contributed by atoms with Gasteiger partial charge in [0.2, 0.25) is 0 Å². The zero-order valence-corrected chi connectivity index (χ0v) is 29.5. The first-order valence-corrected chi connectivity index (χ1v) is 17.6. The second-order valence-corrected chi connectivity index (χ2v) is 17.3. The maximum absolute atomic E-state index is 5.18. The molecule has 7 aromatic rings. The summed E-state index contributed by atoms with van der Waals surface area (Å²) in [6, 6.07) is 31.8. The van der Waals surface area contributed by atoms with Gasteiger partial charge in [0.1, 0.15) is 0 Å². The Labute approximate surface area is 284 Å². The van der Waals surface area contributed by atoms with Gasteiger partial charge in [-0.05, 0) is 125 Å². The third kappa shape index (κ3) is 4.04. The van der Waals surface area contributed by atoms with Crippen molar-refractivity contribution in [2.45, 2.75) is 89.9 Å². The van der Waals surface area contributed by atoms with Crippen LogP contribution in [0.1, 0.15) is 90.5 Å². The molecule has 2 aliphatic rings. The van der Waals surface area contributed by atoms with Crippen molar-refractivity contribution >= 4 is 43.4 Å². The van der Waals surface area contributed by atoms with Gasteiger partial charge >= 0.3 is 0 Å². The lowest BCUT2D eigenvalue weighted by Gasteiger charge is -2.24. The Bertz CT molecular complexity index is 2310. The molecule has 0 amide bonds. The molecule has 0 saturated heterocycles. The van der Waals surface area contributed by atoms with Gasteiger partial charge < -0.3 is 0 Å². The number of rotatable bonds is 2. The summed E-state index contributed by atoms with van der Waals surface area (Å²) in [6.07, 6.45) is 6.56. The number of hydrogen-bond donors (Lipinski definition) is 0. The fraction of sp³-hybridized carbons (Fsp3) is 0.304. The van der Waals surface area contributed by atoms with E-state index in [4.69, 9.17) is 9.97 Å². The van der Waals surface area contributed by atoms with E-state index in [9.17, 15) is 0 Å². The van der Waals surface area contributed by atoms with E-state index in [0.717, 1.165) is 23.9 Å². The fourth-order valence-corrected chi connectivity index (χ4v) is 10.5. The van der Waals surface area contributed by atoms with E-state index in [-0.39, 0.29) is 21.7 Å². The zero-order chi connectivity index (χ0) is 33.4. The highest BCUT2D eigenvalue weighted by molar-refractivity contribution is 6.25. The number of aromatic nitrogens is 2. The van der Waals surface area contributed by atoms with Gasteiger partial charge in [0.05, 0.1) is 11.0 Å². The molecule has 0 spiro atoms. The van der Waals surface area contributed by atoms with Crippen LogP contribution in [0.25, 0.3) is 65.6 Å². The Kier molecular flexibility index (Phi) is 5.87. The Morgan fingerprint density at radius 2 is 0.792 bits per heavy atom. The van der Waals surface area contributed by atoms with E-state index >= 15 is 0 Å². The van der Waals surface area contributed by atoms with E-state index in [1.165, 1.54) is 76.8 Å². The van der Waals surface area contributed by atoms with E-state index in [1.807, 2.05) is 0 Å². The highest BCUT2D eigenvalue weighted by Gasteiger charge is 2.44. The predicted molar refractivity (Wildman–Crippen MR) is 204 cm³/mol. The molecule has 48 heavy (non-hydrogen) atoms. The summed E-state index contributed by atoms with van der Waals surface area (Å²) in [6.45, 7) is 19.2. The van der Waals surface area contributed by atoms with Gasteiger partial charge in [-0.2, -0.15) is 0 Å². The van der Waals surface area contributed by atoms with Crippen LogP contribution in [0.5, 0.6) is 0 Å². The number of nitrogens with zero attached hydrogens (tertiary/aromatic N) is 2. The van der Waals surface area contributed by atoms with Crippen molar-refractivity contribution in [3.63, 3.8) is 0 Å². The number of hydrogen-bond acceptors (Lipinski definition) is 2. The molecule has 9 rings (SSSR count). The molecule has 0 atom stereocenters. The smallest absolute Gasteiger partial charge is 0.0711 e. The van der Waals surface area contributed by atoms with Gasteiger partial charge in [-0.3, -0.25) is 9.97 Å². The predicted octanol–water partition coefficient (Wildman–Crippen LogP) is 12.3. The lowest BCUT2D eigenvalue weighted by atomic mass is 9.79. The van der Waals surface area contributed by atoms with Gasteiger partial charge in [0.25, 0.3) is 0 Å². The molecule has 0 radical (unpaired) electrons. The van der Waals surface area contributed by atoms with Crippen LogP contribution < -0.4 is 0 Å². The molecule has 2 heterocycles. The van der Waals surface area contributed by atoms with Crippen LogP contribution in [0.2, 0.25) is 0 Å². The third-order valence-corrected chi connectivity index (χ3v) is 11.8. The Hall–Kier alpha value is -4.56. The van der Waals surface area contributed by atoms with Crippen LogP contribution in [-0.4, -0.2) is 9.97 Å². The van der Waals surface area contributed by atoms with Crippen molar-refractivity contribution in [3.05, 3.63) is 120 Å². The Balaban J connectivity index is 1.52. The van der Waals surface area contributed by atoms with Crippen molar-refractivity contribution in [2.24, 2.45) is 0 Å². The van der Waals surface area contributed by atoms with Crippen LogP contribution >= 0.6 is 0 Å². The van der Waals surface area contributed by atoms with Crippen LogP contribution in [-0.2, 0) is 21.7 Å². The molecule has 0 N–H and O–H groups in total. The highest BCUT2D eigenvalue weighted by atomic mass is 14.7. The molecular weight excluding hydrogens is 581 g/mol. The molecule has 0 aliphatic heterocycles. The van der Waals surface area contributed by atoms with Crippen LogP contribution in [0.4, 0.5) is 0 Å². The third-order valence-electron chi connectivity index (χ3n) is 11.8. The second-order valence-electron chi connectivity index (χ2n) is 17.3. The molecule has 2 aliphatic carbocycles. The average Bonchev–Trinajstić information content (AvgIpc) is 3.37. The molecule has 0 saturated carbocycles. The van der Waals surface area contributed by atoms with E-state index in [1.54, 1.807) is 0 Å². The molecule has 2 heteroatoms. The second kappa shape index (κ2) is 9.53. The molecule has 2 aromatic heterocycles. The first-order chi connectivity index (χ1) is 22.8. The first-order valence-electron chi connectivity index (χ1n) is 17.6. The van der Waals surface area contributed by atoms with E-state index < -0.39 is 0 Å². The van der Waals surface area contributed by atoms with Gasteiger partial charge in [-0.15, -0.1) is 0 Å². The topological polar surface area (TPSA) is 25.8 Å². The van der Waals surface area contributed by atoms with Gasteiger partial charge in [-0.25, -0.2) is 0 Å². The SMILES string of the molecule is CC1(C)CC(C)(C)c2c1cnc1cc3c(cc21)c(-c1ccccc1)c(-c1ccccc1)c1cc2c4c(cnc2cc13)C(C)(C)CC4(C)C. The molecule has 2 nitrogen and oxygen atoms in total. The minimum absolute atomic E-state index is 0.0563. The van der Waals surface area contributed by atoms with Crippen molar-refractivity contribution < 1.29 is 0 Å². The van der Waals surface area contributed by atoms with Gasteiger partial charge in [0, 0.05) is 23.2 Å². The first kappa shape index (κ1) is 29.6.